The Balaban J connectivity index is 1.09. The van der Waals surface area contributed by atoms with Crippen LogP contribution in [0.15, 0.2) is 158 Å². The molecule has 0 heterocycles. The third kappa shape index (κ3) is 16.8. The van der Waals surface area contributed by atoms with Gasteiger partial charge in [-0.25, -0.2) is 4.67 Å². The summed E-state index contributed by atoms with van der Waals surface area (Å²) in [6.45, 7) is 12.7. The molecule has 422 valence electrons. The highest BCUT2D eigenvalue weighted by Gasteiger charge is 2.39. The SMILES string of the molecule is CCCOP(OC(CNC(O)CCCCOC(c1ccccc1)(c1ccc(OC)cc1)c1ccc(OC)cc1)CNC(O)CCCCOC(c1ccccc1)(c1ccc(OC)cc1)c1ccc(OC)cc1)N(C(C)C)C(C)C. The van der Waals surface area contributed by atoms with Crippen molar-refractivity contribution in [2.45, 2.75) is 121 Å². The smallest absolute Gasteiger partial charge is 0.259 e. The highest BCUT2D eigenvalue weighted by molar-refractivity contribution is 7.44. The lowest BCUT2D eigenvalue weighted by Crippen LogP contribution is -2.45. The summed E-state index contributed by atoms with van der Waals surface area (Å²) in [6.07, 6.45) is 2.56. The van der Waals surface area contributed by atoms with Crippen molar-refractivity contribution in [3.05, 3.63) is 191 Å². The van der Waals surface area contributed by atoms with E-state index < -0.39 is 38.3 Å². The minimum Gasteiger partial charge on any atom is -0.497 e. The number of hydrogen-bond acceptors (Lipinski definition) is 13. The van der Waals surface area contributed by atoms with Crippen LogP contribution in [0.3, 0.4) is 0 Å². The van der Waals surface area contributed by atoms with E-state index in [1.165, 1.54) is 0 Å². The molecule has 0 aliphatic heterocycles. The van der Waals surface area contributed by atoms with Gasteiger partial charge in [-0.15, -0.1) is 0 Å². The van der Waals surface area contributed by atoms with Crippen LogP contribution in [-0.2, 0) is 29.7 Å². The van der Waals surface area contributed by atoms with Gasteiger partial charge in [0.1, 0.15) is 46.7 Å². The number of methoxy groups -OCH3 is 4. The fraction of sp³-hybridized carbons (Fsp3) is 0.438. The van der Waals surface area contributed by atoms with Crippen LogP contribution in [0.1, 0.15) is 113 Å². The molecule has 78 heavy (non-hydrogen) atoms. The van der Waals surface area contributed by atoms with Crippen molar-refractivity contribution in [2.24, 2.45) is 0 Å². The van der Waals surface area contributed by atoms with E-state index in [1.807, 2.05) is 84.9 Å². The largest absolute Gasteiger partial charge is 0.497 e. The highest BCUT2D eigenvalue weighted by atomic mass is 31.2. The Kier molecular flexibility index (Phi) is 25.3. The molecule has 3 atom stereocenters. The van der Waals surface area contributed by atoms with Crippen LogP contribution >= 0.6 is 8.53 Å². The van der Waals surface area contributed by atoms with Crippen LogP contribution in [0.4, 0.5) is 0 Å². The van der Waals surface area contributed by atoms with Crippen LogP contribution in [0.2, 0.25) is 0 Å². The summed E-state index contributed by atoms with van der Waals surface area (Å²) in [5.41, 5.74) is 4.01. The molecule has 13 nitrogen and oxygen atoms in total. The topological polar surface area (TPSA) is 142 Å². The summed E-state index contributed by atoms with van der Waals surface area (Å²) in [4.78, 5) is 0. The van der Waals surface area contributed by atoms with Gasteiger partial charge in [-0.05, 0) is 155 Å². The molecule has 0 aliphatic carbocycles. The number of unbranched alkanes of at least 4 members (excludes halogenated alkanes) is 2. The maximum atomic E-state index is 11.5. The van der Waals surface area contributed by atoms with Gasteiger partial charge in [-0.3, -0.25) is 10.6 Å². The zero-order valence-electron chi connectivity index (χ0n) is 47.4. The monoisotopic (exact) mass is 1090 g/mol. The number of nitrogens with one attached hydrogen (secondary N) is 2. The lowest BCUT2D eigenvalue weighted by molar-refractivity contribution is 0.00833. The van der Waals surface area contributed by atoms with Gasteiger partial charge in [0.05, 0.1) is 41.2 Å². The molecule has 6 rings (SSSR count). The number of aliphatic hydroxyl groups excluding tert-OH is 2. The third-order valence-corrected chi connectivity index (χ3v) is 16.0. The van der Waals surface area contributed by atoms with Gasteiger partial charge >= 0.3 is 0 Å². The number of ether oxygens (including phenoxy) is 6. The molecule has 0 saturated heterocycles. The van der Waals surface area contributed by atoms with Gasteiger partial charge in [0.2, 0.25) is 0 Å². The summed E-state index contributed by atoms with van der Waals surface area (Å²) < 4.78 is 51.8. The first-order valence-corrected chi connectivity index (χ1v) is 28.7. The van der Waals surface area contributed by atoms with Crippen molar-refractivity contribution < 1.29 is 47.7 Å². The van der Waals surface area contributed by atoms with Crippen LogP contribution < -0.4 is 29.6 Å². The quantitative estimate of drug-likeness (QED) is 0.0128. The van der Waals surface area contributed by atoms with Crippen molar-refractivity contribution in [3.63, 3.8) is 0 Å². The molecule has 4 N–H and O–H groups in total. The molecule has 0 radical (unpaired) electrons. The van der Waals surface area contributed by atoms with Crippen molar-refractivity contribution in [1.82, 2.24) is 15.3 Å². The second-order valence-corrected chi connectivity index (χ2v) is 21.3. The predicted molar refractivity (Wildman–Crippen MR) is 312 cm³/mol. The van der Waals surface area contributed by atoms with E-state index in [9.17, 15) is 10.2 Å². The predicted octanol–water partition coefficient (Wildman–Crippen LogP) is 12.4. The molecule has 6 aromatic rings. The number of aliphatic hydroxyl groups is 2. The van der Waals surface area contributed by atoms with E-state index in [2.05, 4.69) is 123 Å². The minimum atomic E-state index is -1.46. The van der Waals surface area contributed by atoms with Crippen molar-refractivity contribution in [3.8, 4) is 23.0 Å². The van der Waals surface area contributed by atoms with Gasteiger partial charge in [0.15, 0.2) is 0 Å². The molecule has 0 saturated carbocycles. The molecule has 0 spiro atoms. The van der Waals surface area contributed by atoms with E-state index in [0.29, 0.717) is 71.4 Å². The average molecular weight is 1090 g/mol. The first kappa shape index (κ1) is 61.8. The lowest BCUT2D eigenvalue weighted by atomic mass is 9.80. The Morgan fingerprint density at radius 1 is 0.449 bits per heavy atom. The highest BCUT2D eigenvalue weighted by Crippen LogP contribution is 2.47. The van der Waals surface area contributed by atoms with Crippen LogP contribution in [-0.4, -0.2) is 107 Å². The number of hydrogen-bond donors (Lipinski definition) is 4. The maximum absolute atomic E-state index is 11.5. The molecule has 0 bridgehead atoms. The van der Waals surface area contributed by atoms with Crippen molar-refractivity contribution in [2.75, 3.05) is 61.3 Å². The van der Waals surface area contributed by atoms with Gasteiger partial charge in [0, 0.05) is 38.4 Å². The molecule has 0 amide bonds. The van der Waals surface area contributed by atoms with Crippen LogP contribution in [0.5, 0.6) is 23.0 Å². The molecule has 6 aromatic carbocycles. The zero-order chi connectivity index (χ0) is 55.8. The minimum absolute atomic E-state index is 0.167. The summed E-state index contributed by atoms with van der Waals surface area (Å²) in [5, 5.41) is 29.6. The zero-order valence-corrected chi connectivity index (χ0v) is 48.3. The van der Waals surface area contributed by atoms with Crippen LogP contribution in [0, 0.1) is 0 Å². The lowest BCUT2D eigenvalue weighted by Gasteiger charge is -2.37. The Hall–Kier alpha value is -5.41. The molecule has 14 heteroatoms. The Bertz CT molecular complexity index is 2290. The third-order valence-electron chi connectivity index (χ3n) is 13.8. The van der Waals surface area contributed by atoms with E-state index in [4.69, 9.17) is 37.5 Å². The van der Waals surface area contributed by atoms with Gasteiger partial charge < -0.3 is 47.7 Å². The van der Waals surface area contributed by atoms with Crippen molar-refractivity contribution >= 4 is 8.53 Å². The van der Waals surface area contributed by atoms with E-state index in [0.717, 1.165) is 62.8 Å². The fourth-order valence-electron chi connectivity index (χ4n) is 9.79. The van der Waals surface area contributed by atoms with Gasteiger partial charge in [-0.2, -0.15) is 0 Å². The van der Waals surface area contributed by atoms with Gasteiger partial charge in [-0.1, -0.05) is 116 Å². The van der Waals surface area contributed by atoms with Crippen LogP contribution in [0.25, 0.3) is 0 Å². The number of nitrogens with zero attached hydrogens (tertiary/aromatic N) is 1. The average Bonchev–Trinajstić information content (AvgIpc) is 3.55. The van der Waals surface area contributed by atoms with Crippen molar-refractivity contribution in [1.29, 1.82) is 0 Å². The Morgan fingerprint density at radius 3 is 1.06 bits per heavy atom. The number of benzene rings is 6. The summed E-state index contributed by atoms with van der Waals surface area (Å²) in [7, 11) is 5.19. The normalized spacial score (nSPS) is 13.6. The van der Waals surface area contributed by atoms with E-state index in [1.54, 1.807) is 28.4 Å². The molecule has 0 aromatic heterocycles. The Labute approximate surface area is 466 Å². The standard InChI is InChI=1S/C64H86N3O10P/c1-10-43-76-78(67(48(2)3)49(4)5)77-60(46-65-61(68)25-17-19-44-74-63(50-21-13-11-14-22-50,52-27-35-56(70-6)36-28-52)53-29-37-57(71-7)38-30-53)47-66-62(69)26-18-20-45-75-64(51-23-15-12-16-24-51,54-31-39-58(72-8)40-32-54)55-33-41-59(73-9)42-34-55/h11-16,21-24,27-42,48-49,60-62,65-66,68-69H,10,17-20,25-26,43-47H2,1-9H3. The molecule has 3 unspecified atom stereocenters. The molecule has 0 fully saturated rings. The Morgan fingerprint density at radius 2 is 0.769 bits per heavy atom. The van der Waals surface area contributed by atoms with Gasteiger partial charge in [0.25, 0.3) is 8.53 Å². The number of rotatable bonds is 36. The molecular weight excluding hydrogens is 1000 g/mol. The molecular formula is C64H86N3O10P. The summed E-state index contributed by atoms with van der Waals surface area (Å²) in [6, 6.07) is 53.0. The summed E-state index contributed by atoms with van der Waals surface area (Å²) in [5.74, 6) is 3.04. The summed E-state index contributed by atoms with van der Waals surface area (Å²) >= 11 is 0. The molecule has 0 aliphatic rings. The second kappa shape index (κ2) is 32.0. The maximum Gasteiger partial charge on any atom is 0.259 e. The first-order valence-electron chi connectivity index (χ1n) is 27.6. The van der Waals surface area contributed by atoms with E-state index in [-0.39, 0.29) is 12.1 Å². The fourth-order valence-corrected chi connectivity index (χ4v) is 11.6. The first-order chi connectivity index (χ1) is 37.9. The van der Waals surface area contributed by atoms with E-state index >= 15 is 0 Å². The second-order valence-electron chi connectivity index (χ2n) is 19.9.